The standard InChI is InChI=1S/C15H19N3O2/c1-9(2)18-13-4-3-10(16)7-11(13)14(15(18)19)12-8-20-6-5-17-12/h3-4,7,9,17H,5-6,8,16H2,1-2H3/b14-12-. The van der Waals surface area contributed by atoms with E-state index in [1.807, 2.05) is 36.9 Å². The van der Waals surface area contributed by atoms with Crippen molar-refractivity contribution >= 4 is 22.9 Å². The second-order valence-corrected chi connectivity index (χ2v) is 5.38. The van der Waals surface area contributed by atoms with Gasteiger partial charge >= 0.3 is 0 Å². The zero-order valence-corrected chi connectivity index (χ0v) is 11.8. The fourth-order valence-corrected chi connectivity index (χ4v) is 2.77. The van der Waals surface area contributed by atoms with Crippen LogP contribution in [0.25, 0.3) is 5.57 Å². The number of morpholine rings is 1. The zero-order chi connectivity index (χ0) is 14.3. The summed E-state index contributed by atoms with van der Waals surface area (Å²) in [4.78, 5) is 14.6. The monoisotopic (exact) mass is 273 g/mol. The van der Waals surface area contributed by atoms with Crippen molar-refractivity contribution in [2.75, 3.05) is 30.4 Å². The summed E-state index contributed by atoms with van der Waals surface area (Å²) in [5.74, 6) is 0.0219. The maximum absolute atomic E-state index is 12.7. The van der Waals surface area contributed by atoms with Crippen molar-refractivity contribution in [3.63, 3.8) is 0 Å². The molecule has 0 radical (unpaired) electrons. The van der Waals surface area contributed by atoms with E-state index in [4.69, 9.17) is 10.5 Å². The lowest BCUT2D eigenvalue weighted by Gasteiger charge is -2.22. The Balaban J connectivity index is 2.17. The Kier molecular flexibility index (Phi) is 3.14. The molecule has 3 rings (SSSR count). The zero-order valence-electron chi connectivity index (χ0n) is 11.8. The number of hydrogen-bond donors (Lipinski definition) is 2. The number of carbonyl (C=O) groups excluding carboxylic acids is 1. The van der Waals surface area contributed by atoms with Crippen LogP contribution in [0.1, 0.15) is 19.4 Å². The Morgan fingerprint density at radius 1 is 1.40 bits per heavy atom. The average Bonchev–Trinajstić information content (AvgIpc) is 2.71. The number of ether oxygens (including phenoxy) is 1. The second-order valence-electron chi connectivity index (χ2n) is 5.38. The first-order valence-electron chi connectivity index (χ1n) is 6.88. The molecule has 20 heavy (non-hydrogen) atoms. The normalized spacial score (nSPS) is 22.1. The van der Waals surface area contributed by atoms with Crippen molar-refractivity contribution in [2.45, 2.75) is 19.9 Å². The summed E-state index contributed by atoms with van der Waals surface area (Å²) in [5.41, 5.74) is 9.93. The van der Waals surface area contributed by atoms with Crippen molar-refractivity contribution < 1.29 is 9.53 Å². The Morgan fingerprint density at radius 3 is 2.85 bits per heavy atom. The van der Waals surface area contributed by atoms with E-state index in [-0.39, 0.29) is 11.9 Å². The minimum absolute atomic E-state index is 0.0219. The van der Waals surface area contributed by atoms with Gasteiger partial charge in [0.25, 0.3) is 5.91 Å². The van der Waals surface area contributed by atoms with Crippen LogP contribution < -0.4 is 16.0 Å². The number of hydrogen-bond acceptors (Lipinski definition) is 4. The van der Waals surface area contributed by atoms with E-state index in [0.717, 1.165) is 23.5 Å². The molecule has 0 aromatic heterocycles. The first kappa shape index (κ1) is 13.0. The molecule has 1 saturated heterocycles. The van der Waals surface area contributed by atoms with Gasteiger partial charge in [-0.3, -0.25) is 4.79 Å². The summed E-state index contributed by atoms with van der Waals surface area (Å²) in [6.07, 6.45) is 0. The molecular weight excluding hydrogens is 254 g/mol. The molecule has 0 atom stereocenters. The molecule has 1 amide bonds. The molecule has 1 fully saturated rings. The van der Waals surface area contributed by atoms with Crippen molar-refractivity contribution in [3.8, 4) is 0 Å². The molecule has 0 spiro atoms. The molecule has 0 unspecified atom stereocenters. The number of amides is 1. The molecule has 2 aliphatic heterocycles. The number of nitrogens with one attached hydrogen (secondary N) is 1. The van der Waals surface area contributed by atoms with Crippen LogP contribution in [0.3, 0.4) is 0 Å². The molecule has 0 bridgehead atoms. The van der Waals surface area contributed by atoms with Gasteiger partial charge in [-0.05, 0) is 32.0 Å². The highest BCUT2D eigenvalue weighted by Crippen LogP contribution is 2.40. The highest BCUT2D eigenvalue weighted by Gasteiger charge is 2.36. The number of benzene rings is 1. The summed E-state index contributed by atoms with van der Waals surface area (Å²) in [6.45, 7) is 5.86. The van der Waals surface area contributed by atoms with Crippen LogP contribution in [0.15, 0.2) is 23.9 Å². The average molecular weight is 273 g/mol. The fourth-order valence-electron chi connectivity index (χ4n) is 2.77. The van der Waals surface area contributed by atoms with Gasteiger partial charge in [0.2, 0.25) is 0 Å². The first-order valence-corrected chi connectivity index (χ1v) is 6.88. The van der Waals surface area contributed by atoms with Crippen LogP contribution in [0.2, 0.25) is 0 Å². The number of rotatable bonds is 1. The highest BCUT2D eigenvalue weighted by atomic mass is 16.5. The molecule has 3 N–H and O–H groups in total. The SMILES string of the molecule is CC(C)N1C(=O)/C(=C2/COCCN2)c2cc(N)ccc21. The maximum atomic E-state index is 12.7. The van der Waals surface area contributed by atoms with Gasteiger partial charge in [-0.1, -0.05) is 0 Å². The second kappa shape index (κ2) is 4.83. The minimum atomic E-state index is 0.0219. The predicted octanol–water partition coefficient (Wildman–Crippen LogP) is 1.35. The predicted molar refractivity (Wildman–Crippen MR) is 79.2 cm³/mol. The summed E-state index contributed by atoms with van der Waals surface area (Å²) >= 11 is 0. The van der Waals surface area contributed by atoms with Gasteiger partial charge in [-0.2, -0.15) is 0 Å². The molecule has 2 heterocycles. The summed E-state index contributed by atoms with van der Waals surface area (Å²) in [7, 11) is 0. The molecule has 1 aromatic rings. The van der Waals surface area contributed by atoms with Crippen LogP contribution in [-0.4, -0.2) is 31.7 Å². The van der Waals surface area contributed by atoms with Crippen LogP contribution in [-0.2, 0) is 9.53 Å². The third-order valence-corrected chi connectivity index (χ3v) is 3.63. The Hall–Kier alpha value is -2.01. The summed E-state index contributed by atoms with van der Waals surface area (Å²) in [5, 5.41) is 3.28. The van der Waals surface area contributed by atoms with Gasteiger partial charge in [0.15, 0.2) is 0 Å². The van der Waals surface area contributed by atoms with Crippen LogP contribution in [0.4, 0.5) is 11.4 Å². The molecule has 1 aromatic carbocycles. The topological polar surface area (TPSA) is 67.6 Å². The number of nitrogens with two attached hydrogens (primary N) is 1. The Bertz CT molecular complexity index is 585. The van der Waals surface area contributed by atoms with Crippen LogP contribution in [0.5, 0.6) is 0 Å². The summed E-state index contributed by atoms with van der Waals surface area (Å²) < 4.78 is 5.46. The van der Waals surface area contributed by atoms with Crippen LogP contribution in [0, 0.1) is 0 Å². The largest absolute Gasteiger partial charge is 0.399 e. The third-order valence-electron chi connectivity index (χ3n) is 3.63. The van der Waals surface area contributed by atoms with E-state index >= 15 is 0 Å². The van der Waals surface area contributed by atoms with E-state index in [2.05, 4.69) is 5.32 Å². The van der Waals surface area contributed by atoms with Gasteiger partial charge in [-0.25, -0.2) is 0 Å². The van der Waals surface area contributed by atoms with E-state index in [1.54, 1.807) is 0 Å². The van der Waals surface area contributed by atoms with E-state index < -0.39 is 0 Å². The molecule has 0 aliphatic carbocycles. The lowest BCUT2D eigenvalue weighted by molar-refractivity contribution is -0.113. The van der Waals surface area contributed by atoms with E-state index in [9.17, 15) is 4.79 Å². The van der Waals surface area contributed by atoms with Gasteiger partial charge in [0, 0.05) is 23.8 Å². The van der Waals surface area contributed by atoms with Gasteiger partial charge in [0.1, 0.15) is 0 Å². The Labute approximate surface area is 118 Å². The number of anilines is 2. The van der Waals surface area contributed by atoms with E-state index in [1.165, 1.54) is 0 Å². The number of nitrogen functional groups attached to an aromatic ring is 1. The molecule has 0 saturated carbocycles. The third kappa shape index (κ3) is 1.94. The van der Waals surface area contributed by atoms with Gasteiger partial charge in [-0.15, -0.1) is 0 Å². The maximum Gasteiger partial charge on any atom is 0.261 e. The minimum Gasteiger partial charge on any atom is -0.399 e. The Morgan fingerprint density at radius 2 is 2.20 bits per heavy atom. The van der Waals surface area contributed by atoms with Crippen molar-refractivity contribution in [2.24, 2.45) is 0 Å². The smallest absolute Gasteiger partial charge is 0.261 e. The molecule has 2 aliphatic rings. The van der Waals surface area contributed by atoms with Gasteiger partial charge in [0.05, 0.1) is 30.2 Å². The number of fused-ring (bicyclic) bond motifs is 1. The molecule has 5 heteroatoms. The highest BCUT2D eigenvalue weighted by molar-refractivity contribution is 6.33. The molecular formula is C15H19N3O2. The van der Waals surface area contributed by atoms with E-state index in [0.29, 0.717) is 24.5 Å². The lowest BCUT2D eigenvalue weighted by Crippen LogP contribution is -2.35. The van der Waals surface area contributed by atoms with Gasteiger partial charge < -0.3 is 20.7 Å². The first-order chi connectivity index (χ1) is 9.59. The van der Waals surface area contributed by atoms with Crippen LogP contribution >= 0.6 is 0 Å². The quantitative estimate of drug-likeness (QED) is 0.599. The van der Waals surface area contributed by atoms with Crippen molar-refractivity contribution in [3.05, 3.63) is 29.5 Å². The van der Waals surface area contributed by atoms with Crippen molar-refractivity contribution in [1.82, 2.24) is 5.32 Å². The van der Waals surface area contributed by atoms with Crippen molar-refractivity contribution in [1.29, 1.82) is 0 Å². The lowest BCUT2D eigenvalue weighted by atomic mass is 10.0. The number of nitrogens with zero attached hydrogens (tertiary/aromatic N) is 1. The fraction of sp³-hybridized carbons (Fsp3) is 0.400. The summed E-state index contributed by atoms with van der Waals surface area (Å²) in [6, 6.07) is 5.72. The number of carbonyl (C=O) groups is 1. The molecule has 5 nitrogen and oxygen atoms in total. The molecule has 106 valence electrons.